The molecule has 0 saturated heterocycles. The molecule has 0 aliphatic rings. The molecule has 0 aromatic heterocycles. The molecule has 0 unspecified atom stereocenters. The highest BCUT2D eigenvalue weighted by Gasteiger charge is 2.13. The number of allylic oxidation sites excluding steroid dienone is 2. The fraction of sp³-hybridized carbons (Fsp3) is 0.0476. The molecule has 2 aromatic rings. The van der Waals surface area contributed by atoms with Crippen LogP contribution in [0.4, 0.5) is 0 Å². The van der Waals surface area contributed by atoms with Gasteiger partial charge in [-0.25, -0.2) is 0 Å². The summed E-state index contributed by atoms with van der Waals surface area (Å²) in [5.74, 6) is -0.737. The van der Waals surface area contributed by atoms with Crippen LogP contribution in [0.5, 0.6) is 0 Å². The molecule has 4 nitrogen and oxygen atoms in total. The Morgan fingerprint density at radius 3 is 2.38 bits per heavy atom. The zero-order valence-electron chi connectivity index (χ0n) is 14.1. The number of rotatable bonds is 7. The van der Waals surface area contributed by atoms with E-state index in [1.54, 1.807) is 42.5 Å². The Labute approximate surface area is 161 Å². The summed E-state index contributed by atoms with van der Waals surface area (Å²) in [4.78, 5) is 24.7. The Morgan fingerprint density at radius 1 is 1.04 bits per heavy atom. The fourth-order valence-corrected chi connectivity index (χ4v) is 2.31. The second kappa shape index (κ2) is 10.2. The van der Waals surface area contributed by atoms with Crippen LogP contribution in [-0.2, 0) is 4.79 Å². The number of benzene rings is 2. The summed E-state index contributed by atoms with van der Waals surface area (Å²) in [6.07, 6.45) is 6.72. The van der Waals surface area contributed by atoms with Crippen LogP contribution < -0.4 is 10.6 Å². The average Bonchev–Trinajstić information content (AvgIpc) is 2.66. The van der Waals surface area contributed by atoms with E-state index in [1.807, 2.05) is 36.4 Å². The van der Waals surface area contributed by atoms with Crippen LogP contribution >= 0.6 is 15.9 Å². The molecular formula is C21H19BrN2O2. The SMILES string of the molecule is C=CCNC(=O)C(=CC=Cc1ccccc1)NC(=O)c1ccc(Br)cc1. The minimum atomic E-state index is -0.381. The first-order chi connectivity index (χ1) is 12.6. The van der Waals surface area contributed by atoms with Crippen molar-refractivity contribution in [3.63, 3.8) is 0 Å². The number of carbonyl (C=O) groups is 2. The average molecular weight is 411 g/mol. The maximum absolute atomic E-state index is 12.4. The van der Waals surface area contributed by atoms with Crippen molar-refractivity contribution in [2.24, 2.45) is 0 Å². The topological polar surface area (TPSA) is 58.2 Å². The smallest absolute Gasteiger partial charge is 0.268 e. The van der Waals surface area contributed by atoms with E-state index in [0.717, 1.165) is 10.0 Å². The molecule has 0 saturated carbocycles. The van der Waals surface area contributed by atoms with Crippen molar-refractivity contribution in [2.75, 3.05) is 6.54 Å². The lowest BCUT2D eigenvalue weighted by Gasteiger charge is -2.09. The predicted octanol–water partition coefficient (Wildman–Crippen LogP) is 4.08. The molecule has 0 radical (unpaired) electrons. The van der Waals surface area contributed by atoms with Gasteiger partial charge < -0.3 is 10.6 Å². The van der Waals surface area contributed by atoms with Crippen molar-refractivity contribution in [3.05, 3.63) is 101 Å². The van der Waals surface area contributed by atoms with Gasteiger partial charge in [0.1, 0.15) is 5.70 Å². The Hall–Kier alpha value is -2.92. The molecule has 5 heteroatoms. The molecule has 0 heterocycles. The third-order valence-corrected chi connectivity index (χ3v) is 3.89. The van der Waals surface area contributed by atoms with Gasteiger partial charge in [0.15, 0.2) is 0 Å². The number of hydrogen-bond acceptors (Lipinski definition) is 2. The molecule has 0 aliphatic heterocycles. The first kappa shape index (κ1) is 19.4. The van der Waals surface area contributed by atoms with Crippen molar-refractivity contribution < 1.29 is 9.59 Å². The molecule has 2 rings (SSSR count). The van der Waals surface area contributed by atoms with Gasteiger partial charge in [0.25, 0.3) is 11.8 Å². The van der Waals surface area contributed by atoms with Crippen LogP contribution in [0.1, 0.15) is 15.9 Å². The Morgan fingerprint density at radius 2 is 1.73 bits per heavy atom. The number of nitrogens with one attached hydrogen (secondary N) is 2. The molecule has 0 spiro atoms. The van der Waals surface area contributed by atoms with Crippen LogP contribution in [0.2, 0.25) is 0 Å². The van der Waals surface area contributed by atoms with Gasteiger partial charge in [0, 0.05) is 16.6 Å². The molecular weight excluding hydrogens is 392 g/mol. The molecule has 132 valence electrons. The third-order valence-electron chi connectivity index (χ3n) is 3.36. The summed E-state index contributed by atoms with van der Waals surface area (Å²) < 4.78 is 0.874. The molecule has 0 fully saturated rings. The fourth-order valence-electron chi connectivity index (χ4n) is 2.05. The normalized spacial score (nSPS) is 11.2. The second-order valence-corrected chi connectivity index (χ2v) is 6.23. The molecule has 2 amide bonds. The largest absolute Gasteiger partial charge is 0.347 e. The van der Waals surface area contributed by atoms with Gasteiger partial charge in [0.05, 0.1) is 0 Å². The summed E-state index contributed by atoms with van der Waals surface area (Å²) in [6, 6.07) is 16.6. The second-order valence-electron chi connectivity index (χ2n) is 5.31. The van der Waals surface area contributed by atoms with E-state index >= 15 is 0 Å². The van der Waals surface area contributed by atoms with E-state index < -0.39 is 0 Å². The van der Waals surface area contributed by atoms with Crippen molar-refractivity contribution in [2.45, 2.75) is 0 Å². The number of carbonyl (C=O) groups excluding carboxylic acids is 2. The van der Waals surface area contributed by atoms with Gasteiger partial charge in [-0.15, -0.1) is 6.58 Å². The molecule has 0 aliphatic carbocycles. The summed E-state index contributed by atoms with van der Waals surface area (Å²) in [6.45, 7) is 3.88. The minimum absolute atomic E-state index is 0.159. The maximum atomic E-state index is 12.4. The molecule has 2 N–H and O–H groups in total. The van der Waals surface area contributed by atoms with Crippen LogP contribution in [0.15, 0.2) is 89.6 Å². The van der Waals surface area contributed by atoms with Gasteiger partial charge >= 0.3 is 0 Å². The molecule has 26 heavy (non-hydrogen) atoms. The minimum Gasteiger partial charge on any atom is -0.347 e. The summed E-state index contributed by atoms with van der Waals surface area (Å²) in [5, 5.41) is 5.32. The summed E-state index contributed by atoms with van der Waals surface area (Å²) in [7, 11) is 0. The molecule has 2 aromatic carbocycles. The van der Waals surface area contributed by atoms with Crippen LogP contribution in [0.25, 0.3) is 6.08 Å². The van der Waals surface area contributed by atoms with Crippen LogP contribution in [-0.4, -0.2) is 18.4 Å². The van der Waals surface area contributed by atoms with Gasteiger partial charge in [-0.3, -0.25) is 9.59 Å². The maximum Gasteiger partial charge on any atom is 0.268 e. The Bertz CT molecular complexity index is 825. The molecule has 0 bridgehead atoms. The quantitative estimate of drug-likeness (QED) is 0.410. The van der Waals surface area contributed by atoms with E-state index in [-0.39, 0.29) is 17.5 Å². The van der Waals surface area contributed by atoms with Gasteiger partial charge in [-0.1, -0.05) is 64.5 Å². The van der Waals surface area contributed by atoms with Crippen molar-refractivity contribution in [1.82, 2.24) is 10.6 Å². The third kappa shape index (κ3) is 6.18. The van der Waals surface area contributed by atoms with E-state index in [2.05, 4.69) is 33.1 Å². The molecule has 0 atom stereocenters. The zero-order valence-corrected chi connectivity index (χ0v) is 15.7. The predicted molar refractivity (Wildman–Crippen MR) is 108 cm³/mol. The van der Waals surface area contributed by atoms with E-state index in [0.29, 0.717) is 12.1 Å². The number of hydrogen-bond donors (Lipinski definition) is 2. The van der Waals surface area contributed by atoms with Crippen molar-refractivity contribution in [1.29, 1.82) is 0 Å². The lowest BCUT2D eigenvalue weighted by molar-refractivity contribution is -0.117. The van der Waals surface area contributed by atoms with Crippen LogP contribution in [0.3, 0.4) is 0 Å². The summed E-state index contributed by atoms with van der Waals surface area (Å²) >= 11 is 3.33. The van der Waals surface area contributed by atoms with E-state index in [9.17, 15) is 9.59 Å². The van der Waals surface area contributed by atoms with Gasteiger partial charge in [-0.2, -0.15) is 0 Å². The monoisotopic (exact) mass is 410 g/mol. The lowest BCUT2D eigenvalue weighted by atomic mass is 10.2. The van der Waals surface area contributed by atoms with Gasteiger partial charge in [0.2, 0.25) is 0 Å². The first-order valence-electron chi connectivity index (χ1n) is 7.99. The number of amides is 2. The zero-order chi connectivity index (χ0) is 18.8. The standard InChI is InChI=1S/C21H19BrN2O2/c1-2-15-23-21(26)19(10-6-9-16-7-4-3-5-8-16)24-20(25)17-11-13-18(22)14-12-17/h2-14H,1,15H2,(H,23,26)(H,24,25). The highest BCUT2D eigenvalue weighted by atomic mass is 79.9. The van der Waals surface area contributed by atoms with E-state index in [1.165, 1.54) is 0 Å². The van der Waals surface area contributed by atoms with E-state index in [4.69, 9.17) is 0 Å². The Kier molecular flexibility index (Phi) is 7.58. The Balaban J connectivity index is 2.17. The lowest BCUT2D eigenvalue weighted by Crippen LogP contribution is -2.34. The summed E-state index contributed by atoms with van der Waals surface area (Å²) in [5.41, 5.74) is 1.61. The highest BCUT2D eigenvalue weighted by Crippen LogP contribution is 2.11. The van der Waals surface area contributed by atoms with Gasteiger partial charge in [-0.05, 0) is 35.9 Å². The highest BCUT2D eigenvalue weighted by molar-refractivity contribution is 9.10. The first-order valence-corrected chi connectivity index (χ1v) is 8.79. The van der Waals surface area contributed by atoms with Crippen molar-refractivity contribution >= 4 is 33.8 Å². The number of halogens is 1. The van der Waals surface area contributed by atoms with Crippen LogP contribution in [0, 0.1) is 0 Å². The van der Waals surface area contributed by atoms with Crippen molar-refractivity contribution in [3.8, 4) is 0 Å².